The van der Waals surface area contributed by atoms with Crippen LogP contribution in [-0.2, 0) is 9.63 Å². The molecule has 0 fully saturated rings. The molecule has 1 N–H and O–H groups in total. The largest absolute Gasteiger partial charge is 0.476 e. The lowest BCUT2D eigenvalue weighted by atomic mass is 10.0. The second-order valence-corrected chi connectivity index (χ2v) is 7.31. The Morgan fingerprint density at radius 1 is 1.32 bits per heavy atom. The summed E-state index contributed by atoms with van der Waals surface area (Å²) < 4.78 is 33.2. The summed E-state index contributed by atoms with van der Waals surface area (Å²) in [4.78, 5) is 37.3. The molecule has 0 aliphatic carbocycles. The number of pyridine rings is 1. The van der Waals surface area contributed by atoms with Crippen LogP contribution in [0.1, 0.15) is 23.2 Å². The van der Waals surface area contributed by atoms with Gasteiger partial charge in [0, 0.05) is 11.8 Å². The Kier molecular flexibility index (Phi) is 6.07. The predicted octanol–water partition coefficient (Wildman–Crippen LogP) is 3.77. The predicted molar refractivity (Wildman–Crippen MR) is 117 cm³/mol. The molecule has 34 heavy (non-hydrogen) atoms. The third kappa shape index (κ3) is 4.10. The van der Waals surface area contributed by atoms with E-state index in [-0.39, 0.29) is 38.9 Å². The van der Waals surface area contributed by atoms with Crippen molar-refractivity contribution in [1.82, 2.24) is 19.7 Å². The van der Waals surface area contributed by atoms with Crippen LogP contribution in [0.15, 0.2) is 50.9 Å². The Morgan fingerprint density at radius 2 is 2.09 bits per heavy atom. The van der Waals surface area contributed by atoms with Gasteiger partial charge in [-0.2, -0.15) is 5.10 Å². The number of carboxylic acid groups (broad SMARTS) is 1. The average Bonchev–Trinajstić information content (AvgIpc) is 3.23. The zero-order valence-corrected chi connectivity index (χ0v) is 18.2. The summed E-state index contributed by atoms with van der Waals surface area (Å²) in [6, 6.07) is 6.76. The van der Waals surface area contributed by atoms with Gasteiger partial charge in [-0.05, 0) is 42.8 Å². The molecule has 0 bridgehead atoms. The molecular formula is C21H14ClF2N5O5. The van der Waals surface area contributed by atoms with E-state index < -0.39 is 29.4 Å². The fourth-order valence-electron chi connectivity index (χ4n) is 3.26. The van der Waals surface area contributed by atoms with Gasteiger partial charge in [-0.25, -0.2) is 33.0 Å². The van der Waals surface area contributed by atoms with E-state index in [0.29, 0.717) is 5.56 Å². The zero-order chi connectivity index (χ0) is 24.6. The van der Waals surface area contributed by atoms with Gasteiger partial charge in [-0.3, -0.25) is 0 Å². The second kappa shape index (κ2) is 8.98. The minimum atomic E-state index is -2.92. The molecule has 4 aromatic rings. The zero-order valence-electron chi connectivity index (χ0n) is 17.5. The maximum absolute atomic E-state index is 13.4. The van der Waals surface area contributed by atoms with Crippen molar-refractivity contribution in [3.8, 4) is 17.4 Å². The fourth-order valence-corrected chi connectivity index (χ4v) is 3.46. The van der Waals surface area contributed by atoms with Gasteiger partial charge in [-0.1, -0.05) is 16.8 Å². The highest BCUT2D eigenvalue weighted by Crippen LogP contribution is 2.30. The van der Waals surface area contributed by atoms with Crippen molar-refractivity contribution in [3.05, 3.63) is 68.8 Å². The normalized spacial score (nSPS) is 11.9. The third-order valence-corrected chi connectivity index (χ3v) is 4.99. The van der Waals surface area contributed by atoms with Crippen molar-refractivity contribution in [2.75, 3.05) is 7.11 Å². The maximum Gasteiger partial charge on any atom is 0.358 e. The number of aliphatic carboxylic acids is 1. The topological polar surface area (TPSA) is 133 Å². The molecule has 0 spiro atoms. The van der Waals surface area contributed by atoms with E-state index in [1.54, 1.807) is 13.0 Å². The van der Waals surface area contributed by atoms with Crippen molar-refractivity contribution < 1.29 is 27.9 Å². The Hall–Kier alpha value is -4.19. The van der Waals surface area contributed by atoms with E-state index in [0.717, 1.165) is 10.7 Å². The number of aryl methyl sites for hydroxylation is 1. The van der Waals surface area contributed by atoms with Crippen LogP contribution in [0.4, 0.5) is 8.78 Å². The van der Waals surface area contributed by atoms with Crippen LogP contribution < -0.4 is 5.63 Å². The van der Waals surface area contributed by atoms with Crippen LogP contribution >= 0.6 is 11.6 Å². The van der Waals surface area contributed by atoms with E-state index in [9.17, 15) is 23.5 Å². The van der Waals surface area contributed by atoms with Crippen LogP contribution in [-0.4, -0.2) is 43.6 Å². The SMILES string of the molecule is CO/N=C(/C(=O)O)c1cc(C)c2nc(-c3cc(C(F)F)nn3-c3ncccc3Cl)oc(=O)c2c1. The molecule has 0 aliphatic rings. The minimum absolute atomic E-state index is 0.0320. The number of rotatable bonds is 6. The van der Waals surface area contributed by atoms with Gasteiger partial charge in [-0.15, -0.1) is 0 Å². The molecule has 1 aromatic carbocycles. The Bertz CT molecular complexity index is 1520. The number of aromatic nitrogens is 4. The molecule has 0 amide bonds. The lowest BCUT2D eigenvalue weighted by Gasteiger charge is -2.09. The number of hydrogen-bond acceptors (Lipinski definition) is 8. The summed E-state index contributed by atoms with van der Waals surface area (Å²) in [6.45, 7) is 1.59. The Balaban J connectivity index is 1.96. The Morgan fingerprint density at radius 3 is 2.74 bits per heavy atom. The number of hydrogen-bond donors (Lipinski definition) is 1. The highest BCUT2D eigenvalue weighted by Gasteiger charge is 2.24. The fraction of sp³-hybridized carbons (Fsp3) is 0.143. The number of fused-ring (bicyclic) bond motifs is 1. The molecule has 3 heterocycles. The van der Waals surface area contributed by atoms with Gasteiger partial charge in [0.2, 0.25) is 5.89 Å². The lowest BCUT2D eigenvalue weighted by Crippen LogP contribution is -2.16. The van der Waals surface area contributed by atoms with Gasteiger partial charge < -0.3 is 14.4 Å². The lowest BCUT2D eigenvalue weighted by molar-refractivity contribution is -0.129. The van der Waals surface area contributed by atoms with Crippen molar-refractivity contribution in [1.29, 1.82) is 0 Å². The van der Waals surface area contributed by atoms with E-state index in [1.807, 2.05) is 0 Å². The molecule has 174 valence electrons. The van der Waals surface area contributed by atoms with Crippen molar-refractivity contribution in [3.63, 3.8) is 0 Å². The highest BCUT2D eigenvalue weighted by molar-refractivity contribution is 6.42. The number of carboxylic acids is 1. The van der Waals surface area contributed by atoms with Crippen molar-refractivity contribution >= 4 is 34.2 Å². The monoisotopic (exact) mass is 489 g/mol. The van der Waals surface area contributed by atoms with Gasteiger partial charge in [0.05, 0.1) is 15.9 Å². The number of benzene rings is 1. The molecule has 10 nitrogen and oxygen atoms in total. The molecule has 13 heteroatoms. The molecule has 0 atom stereocenters. The molecule has 0 unspecified atom stereocenters. The Labute approximate surface area is 194 Å². The summed E-state index contributed by atoms with van der Waals surface area (Å²) in [7, 11) is 1.18. The summed E-state index contributed by atoms with van der Waals surface area (Å²) in [5, 5.41) is 16.8. The van der Waals surface area contributed by atoms with E-state index in [1.165, 1.54) is 31.5 Å². The molecule has 0 saturated heterocycles. The smallest absolute Gasteiger partial charge is 0.358 e. The van der Waals surface area contributed by atoms with Gasteiger partial charge in [0.1, 0.15) is 18.5 Å². The standard InChI is InChI=1S/C21H14ClF2N5O5/c1-9-6-10(16(20(30)31)28-33-2)7-11-15(9)26-19(34-21(11)32)14-8-13(17(23)24)27-29(14)18-12(22)4-3-5-25-18/h3-8,17H,1-2H3,(H,30,31)/b28-16+. The van der Waals surface area contributed by atoms with E-state index in [2.05, 4.69) is 25.1 Å². The van der Waals surface area contributed by atoms with Crippen LogP contribution in [0.3, 0.4) is 0 Å². The van der Waals surface area contributed by atoms with Gasteiger partial charge in [0.15, 0.2) is 11.5 Å². The maximum atomic E-state index is 13.4. The van der Waals surface area contributed by atoms with Crippen LogP contribution in [0.5, 0.6) is 0 Å². The second-order valence-electron chi connectivity index (χ2n) is 6.90. The van der Waals surface area contributed by atoms with Crippen molar-refractivity contribution in [2.45, 2.75) is 13.3 Å². The van der Waals surface area contributed by atoms with Crippen LogP contribution in [0, 0.1) is 6.92 Å². The first-order valence-corrected chi connectivity index (χ1v) is 9.88. The summed E-state index contributed by atoms with van der Waals surface area (Å²) >= 11 is 6.16. The summed E-state index contributed by atoms with van der Waals surface area (Å²) in [5.41, 5.74) is -1.34. The number of nitrogens with zero attached hydrogens (tertiary/aromatic N) is 5. The first-order valence-electron chi connectivity index (χ1n) is 9.51. The number of halogens is 3. The quantitative estimate of drug-likeness (QED) is 0.319. The number of alkyl halides is 2. The summed E-state index contributed by atoms with van der Waals surface area (Å²) in [5.74, 6) is -1.65. The van der Waals surface area contributed by atoms with E-state index in [4.69, 9.17) is 16.0 Å². The molecule has 0 aliphatic heterocycles. The average molecular weight is 490 g/mol. The number of carbonyl (C=O) groups is 1. The van der Waals surface area contributed by atoms with Gasteiger partial charge >= 0.3 is 11.6 Å². The minimum Gasteiger partial charge on any atom is -0.476 e. The molecule has 0 saturated carbocycles. The van der Waals surface area contributed by atoms with Crippen LogP contribution in [0.2, 0.25) is 5.02 Å². The first-order chi connectivity index (χ1) is 16.2. The highest BCUT2D eigenvalue weighted by atomic mass is 35.5. The molecule has 0 radical (unpaired) electrons. The van der Waals surface area contributed by atoms with E-state index >= 15 is 0 Å². The third-order valence-electron chi connectivity index (χ3n) is 4.69. The van der Waals surface area contributed by atoms with Crippen molar-refractivity contribution in [2.24, 2.45) is 5.16 Å². The molecular weight excluding hydrogens is 476 g/mol. The number of oxime groups is 1. The van der Waals surface area contributed by atoms with Gasteiger partial charge in [0.25, 0.3) is 6.43 Å². The van der Waals surface area contributed by atoms with Crippen LogP contribution in [0.25, 0.3) is 28.3 Å². The molecule has 3 aromatic heterocycles. The summed E-state index contributed by atoms with van der Waals surface area (Å²) in [6.07, 6.45) is -1.53. The molecule has 4 rings (SSSR count). The first kappa shape index (κ1) is 23.0.